The highest BCUT2D eigenvalue weighted by molar-refractivity contribution is 6.34. The normalized spacial score (nSPS) is 17.8. The monoisotopic (exact) mass is 391 g/mol. The first-order valence-corrected chi connectivity index (χ1v) is 9.63. The van der Waals surface area contributed by atoms with Crippen molar-refractivity contribution in [1.29, 1.82) is 0 Å². The van der Waals surface area contributed by atoms with Crippen molar-refractivity contribution in [3.63, 3.8) is 0 Å². The van der Waals surface area contributed by atoms with Gasteiger partial charge in [-0.3, -0.25) is 15.0 Å². The van der Waals surface area contributed by atoms with Crippen molar-refractivity contribution in [1.82, 2.24) is 4.90 Å². The van der Waals surface area contributed by atoms with Crippen LogP contribution in [-0.2, 0) is 6.54 Å². The molecule has 0 N–H and O–H groups in total. The minimum absolute atomic E-state index is 0.0253. The lowest BCUT2D eigenvalue weighted by molar-refractivity contribution is -0.384. The Morgan fingerprint density at radius 2 is 1.75 bits per heavy atom. The molecule has 0 saturated carbocycles. The van der Waals surface area contributed by atoms with E-state index in [0.29, 0.717) is 5.02 Å². The summed E-state index contributed by atoms with van der Waals surface area (Å²) in [6.07, 6.45) is 0.0721. The third-order valence-corrected chi connectivity index (χ3v) is 5.86. The van der Waals surface area contributed by atoms with E-state index in [1.807, 2.05) is 24.3 Å². The molecule has 0 aromatic heterocycles. The Labute approximate surface area is 167 Å². The van der Waals surface area contributed by atoms with Crippen LogP contribution in [0.3, 0.4) is 0 Å². The van der Waals surface area contributed by atoms with Gasteiger partial charge in [0.25, 0.3) is 5.69 Å². The number of rotatable bonds is 3. The summed E-state index contributed by atoms with van der Waals surface area (Å²) in [7, 11) is 0. The number of benzene rings is 3. The Morgan fingerprint density at radius 1 is 1.00 bits per heavy atom. The van der Waals surface area contributed by atoms with Gasteiger partial charge in [-0.25, -0.2) is 0 Å². The summed E-state index contributed by atoms with van der Waals surface area (Å²) >= 11 is 6.57. The predicted molar refractivity (Wildman–Crippen MR) is 110 cm³/mol. The third-order valence-electron chi connectivity index (χ3n) is 5.57. The zero-order valence-corrected chi connectivity index (χ0v) is 15.8. The van der Waals surface area contributed by atoms with Crippen LogP contribution in [0.5, 0.6) is 0 Å². The van der Waals surface area contributed by atoms with E-state index < -0.39 is 0 Å². The van der Waals surface area contributed by atoms with Gasteiger partial charge >= 0.3 is 0 Å². The fourth-order valence-electron chi connectivity index (χ4n) is 4.41. The molecule has 0 amide bonds. The van der Waals surface area contributed by atoms with Gasteiger partial charge in [0.15, 0.2) is 0 Å². The molecule has 6 heteroatoms. The molecule has 1 atom stereocenters. The molecule has 2 aliphatic heterocycles. The number of anilines is 1. The molecular formula is C22H18ClN3O2. The van der Waals surface area contributed by atoms with E-state index in [9.17, 15) is 10.1 Å². The number of fused-ring (bicyclic) bond motifs is 6. The number of hydrogen-bond donors (Lipinski definition) is 0. The first-order valence-electron chi connectivity index (χ1n) is 9.25. The highest BCUT2D eigenvalue weighted by atomic mass is 35.5. The first kappa shape index (κ1) is 17.2. The van der Waals surface area contributed by atoms with Crippen molar-refractivity contribution in [2.45, 2.75) is 12.7 Å². The SMILES string of the molecule is O=[N+]([O-])c1cc(Cl)c2c(c1)-c1ccccc1C1N(Cc3ccccc3)CCN21. The second-order valence-corrected chi connectivity index (χ2v) is 7.60. The average molecular weight is 392 g/mol. The summed E-state index contributed by atoms with van der Waals surface area (Å²) in [5.41, 5.74) is 5.21. The third kappa shape index (κ3) is 2.66. The van der Waals surface area contributed by atoms with Gasteiger partial charge in [0.2, 0.25) is 0 Å². The van der Waals surface area contributed by atoms with E-state index >= 15 is 0 Å². The van der Waals surface area contributed by atoms with Crippen molar-refractivity contribution in [3.8, 4) is 11.1 Å². The van der Waals surface area contributed by atoms with Crippen LogP contribution in [0.2, 0.25) is 5.02 Å². The van der Waals surface area contributed by atoms with Crippen molar-refractivity contribution in [2.24, 2.45) is 0 Å². The van der Waals surface area contributed by atoms with E-state index in [-0.39, 0.29) is 16.8 Å². The van der Waals surface area contributed by atoms with Crippen LogP contribution in [0.4, 0.5) is 11.4 Å². The predicted octanol–water partition coefficient (Wildman–Crippen LogP) is 5.25. The number of nitrogens with zero attached hydrogens (tertiary/aromatic N) is 3. The molecule has 3 aromatic rings. The summed E-state index contributed by atoms with van der Waals surface area (Å²) in [5.74, 6) is 0. The second-order valence-electron chi connectivity index (χ2n) is 7.19. The highest BCUT2D eigenvalue weighted by Gasteiger charge is 2.40. The molecule has 0 bridgehead atoms. The Hall–Kier alpha value is -2.89. The van der Waals surface area contributed by atoms with Gasteiger partial charge in [-0.1, -0.05) is 66.2 Å². The van der Waals surface area contributed by atoms with Crippen LogP contribution < -0.4 is 4.90 Å². The maximum Gasteiger partial charge on any atom is 0.271 e. The van der Waals surface area contributed by atoms with E-state index in [2.05, 4.69) is 40.1 Å². The Kier molecular flexibility index (Phi) is 4.07. The minimum Gasteiger partial charge on any atom is -0.349 e. The molecule has 0 spiro atoms. The fraction of sp³-hybridized carbons (Fsp3) is 0.182. The topological polar surface area (TPSA) is 49.6 Å². The van der Waals surface area contributed by atoms with Gasteiger partial charge in [0, 0.05) is 37.3 Å². The molecule has 140 valence electrons. The maximum absolute atomic E-state index is 11.4. The van der Waals surface area contributed by atoms with Gasteiger partial charge in [-0.05, 0) is 16.7 Å². The van der Waals surface area contributed by atoms with Crippen LogP contribution in [0.1, 0.15) is 17.3 Å². The van der Waals surface area contributed by atoms with Crippen molar-refractivity contribution >= 4 is 23.0 Å². The number of non-ortho nitro benzene ring substituents is 1. The number of halogens is 1. The summed E-state index contributed by atoms with van der Waals surface area (Å²) in [6.45, 7) is 2.58. The number of nitro benzene ring substituents is 1. The lowest BCUT2D eigenvalue weighted by Crippen LogP contribution is -2.33. The van der Waals surface area contributed by atoms with Gasteiger partial charge in [0.05, 0.1) is 15.6 Å². The van der Waals surface area contributed by atoms with Crippen molar-refractivity contribution in [3.05, 3.63) is 93.0 Å². The molecule has 0 radical (unpaired) electrons. The highest BCUT2D eigenvalue weighted by Crippen LogP contribution is 2.52. The first-order chi connectivity index (χ1) is 13.6. The van der Waals surface area contributed by atoms with Crippen molar-refractivity contribution < 1.29 is 4.92 Å². The molecule has 2 heterocycles. The van der Waals surface area contributed by atoms with Crippen LogP contribution >= 0.6 is 11.6 Å². The molecule has 5 rings (SSSR count). The zero-order valence-electron chi connectivity index (χ0n) is 15.1. The van der Waals surface area contributed by atoms with Crippen LogP contribution in [0.25, 0.3) is 11.1 Å². The lowest BCUT2D eigenvalue weighted by atomic mass is 9.91. The van der Waals surface area contributed by atoms with Gasteiger partial charge in [-0.2, -0.15) is 0 Å². The van der Waals surface area contributed by atoms with Crippen LogP contribution in [0, 0.1) is 10.1 Å². The molecule has 1 unspecified atom stereocenters. The van der Waals surface area contributed by atoms with E-state index in [0.717, 1.165) is 36.4 Å². The molecule has 2 aliphatic rings. The van der Waals surface area contributed by atoms with Crippen LogP contribution in [0.15, 0.2) is 66.7 Å². The van der Waals surface area contributed by atoms with Gasteiger partial charge in [-0.15, -0.1) is 0 Å². The molecule has 1 fully saturated rings. The molecule has 1 saturated heterocycles. The van der Waals surface area contributed by atoms with E-state index in [4.69, 9.17) is 11.6 Å². The van der Waals surface area contributed by atoms with Gasteiger partial charge < -0.3 is 4.90 Å². The van der Waals surface area contributed by atoms with E-state index in [1.54, 1.807) is 6.07 Å². The maximum atomic E-state index is 11.4. The van der Waals surface area contributed by atoms with E-state index in [1.165, 1.54) is 17.2 Å². The Morgan fingerprint density at radius 3 is 2.54 bits per heavy atom. The molecule has 5 nitrogen and oxygen atoms in total. The standard InChI is InChI=1S/C22H18ClN3O2/c23-20-13-16(26(27)28)12-19-17-8-4-5-9-18(17)22-24(10-11-25(22)21(19)20)14-15-6-2-1-3-7-15/h1-9,12-13,22H,10-11,14H2. The quantitative estimate of drug-likeness (QED) is 0.452. The Bertz CT molecular complexity index is 1070. The molecule has 3 aromatic carbocycles. The summed E-state index contributed by atoms with van der Waals surface area (Å²) in [6, 6.07) is 21.7. The summed E-state index contributed by atoms with van der Waals surface area (Å²) < 4.78 is 0. The fourth-order valence-corrected chi connectivity index (χ4v) is 4.74. The zero-order chi connectivity index (χ0) is 19.3. The second kappa shape index (κ2) is 6.62. The summed E-state index contributed by atoms with van der Waals surface area (Å²) in [5, 5.41) is 11.8. The molecule has 0 aliphatic carbocycles. The lowest BCUT2D eigenvalue weighted by Gasteiger charge is -2.38. The smallest absolute Gasteiger partial charge is 0.271 e. The number of hydrogen-bond acceptors (Lipinski definition) is 4. The molecular weight excluding hydrogens is 374 g/mol. The Balaban J connectivity index is 1.64. The van der Waals surface area contributed by atoms with Crippen molar-refractivity contribution in [2.75, 3.05) is 18.0 Å². The molecule has 28 heavy (non-hydrogen) atoms. The minimum atomic E-state index is -0.382. The van der Waals surface area contributed by atoms with Gasteiger partial charge in [0.1, 0.15) is 6.17 Å². The largest absolute Gasteiger partial charge is 0.349 e. The number of nitro groups is 1. The average Bonchev–Trinajstić information content (AvgIpc) is 3.12. The summed E-state index contributed by atoms with van der Waals surface area (Å²) in [4.78, 5) is 15.7. The van der Waals surface area contributed by atoms with Crippen LogP contribution in [-0.4, -0.2) is 22.9 Å².